The van der Waals surface area contributed by atoms with Gasteiger partial charge in [-0.15, -0.1) is 0 Å². The molecule has 0 spiro atoms. The first-order valence-electron chi connectivity index (χ1n) is 5.77. The fourth-order valence-electron chi connectivity index (χ4n) is 1.35. The van der Waals surface area contributed by atoms with Crippen LogP contribution in [0.15, 0.2) is 0 Å². The van der Waals surface area contributed by atoms with E-state index in [1.807, 2.05) is 6.92 Å². The average molecular weight is 275 g/mol. The molecule has 0 heterocycles. The number of halogens is 3. The summed E-state index contributed by atoms with van der Waals surface area (Å²) >= 11 is 0. The molecule has 0 saturated heterocycles. The Hall–Kier alpha value is -0.300. The van der Waals surface area contributed by atoms with E-state index in [1.54, 1.807) is 6.92 Å². The lowest BCUT2D eigenvalue weighted by Gasteiger charge is -2.21. The zero-order valence-electron chi connectivity index (χ0n) is 10.3. The fraction of sp³-hybridized carbons (Fsp3) is 1.00. The Morgan fingerprint density at radius 3 is 2.06 bits per heavy atom. The maximum Gasteiger partial charge on any atom is 0.390 e. The van der Waals surface area contributed by atoms with Crippen molar-refractivity contribution in [2.45, 2.75) is 45.7 Å². The van der Waals surface area contributed by atoms with E-state index in [4.69, 9.17) is 0 Å². The van der Waals surface area contributed by atoms with E-state index in [1.165, 1.54) is 4.31 Å². The second-order valence-corrected chi connectivity index (χ2v) is 6.02. The summed E-state index contributed by atoms with van der Waals surface area (Å²) in [5, 5.41) is 0. The molecule has 0 fully saturated rings. The summed E-state index contributed by atoms with van der Waals surface area (Å²) in [6.45, 7) is 4.31. The van der Waals surface area contributed by atoms with Crippen molar-refractivity contribution in [2.24, 2.45) is 0 Å². The third-order valence-electron chi connectivity index (χ3n) is 2.27. The van der Waals surface area contributed by atoms with Gasteiger partial charge in [0.1, 0.15) is 0 Å². The van der Waals surface area contributed by atoms with E-state index in [2.05, 4.69) is 0 Å². The van der Waals surface area contributed by atoms with Gasteiger partial charge in [0.15, 0.2) is 0 Å². The number of nitrogens with zero attached hydrogens (tertiary/aromatic N) is 1. The summed E-state index contributed by atoms with van der Waals surface area (Å²) in [6.07, 6.45) is -3.60. The SMILES string of the molecule is CCCCN(CCC)S(=O)(=O)CCC(F)(F)F. The first-order valence-corrected chi connectivity index (χ1v) is 7.38. The van der Waals surface area contributed by atoms with Crippen LogP contribution in [0.1, 0.15) is 39.5 Å². The average Bonchev–Trinajstić information content (AvgIpc) is 2.20. The third-order valence-corrected chi connectivity index (χ3v) is 4.14. The van der Waals surface area contributed by atoms with Crippen LogP contribution >= 0.6 is 0 Å². The van der Waals surface area contributed by atoms with Crippen LogP contribution < -0.4 is 0 Å². The zero-order chi connectivity index (χ0) is 13.5. The van der Waals surface area contributed by atoms with Crippen molar-refractivity contribution in [3.05, 3.63) is 0 Å². The minimum absolute atomic E-state index is 0.292. The Balaban J connectivity index is 4.49. The summed E-state index contributed by atoms with van der Waals surface area (Å²) < 4.78 is 60.6. The molecule has 0 aromatic heterocycles. The van der Waals surface area contributed by atoms with Gasteiger partial charge in [-0.1, -0.05) is 20.3 Å². The Bertz CT molecular complexity index is 301. The van der Waals surface area contributed by atoms with E-state index in [9.17, 15) is 21.6 Å². The van der Waals surface area contributed by atoms with Crippen molar-refractivity contribution in [1.29, 1.82) is 0 Å². The van der Waals surface area contributed by atoms with Crippen LogP contribution in [0.4, 0.5) is 13.2 Å². The first kappa shape index (κ1) is 16.7. The second-order valence-electron chi connectivity index (χ2n) is 3.93. The molecule has 104 valence electrons. The number of rotatable bonds is 8. The molecule has 0 aromatic rings. The number of hydrogen-bond donors (Lipinski definition) is 0. The van der Waals surface area contributed by atoms with Gasteiger partial charge in [-0.05, 0) is 12.8 Å². The highest BCUT2D eigenvalue weighted by Crippen LogP contribution is 2.21. The molecule has 17 heavy (non-hydrogen) atoms. The number of alkyl halides is 3. The van der Waals surface area contributed by atoms with Crippen molar-refractivity contribution in [3.8, 4) is 0 Å². The van der Waals surface area contributed by atoms with Crippen LogP contribution in [0, 0.1) is 0 Å². The molecule has 0 rings (SSSR count). The van der Waals surface area contributed by atoms with E-state index >= 15 is 0 Å². The molecule has 0 atom stereocenters. The standard InChI is InChI=1S/C10H20F3NO2S/c1-3-5-8-14(7-4-2)17(15,16)9-6-10(11,12)13/h3-9H2,1-2H3. The van der Waals surface area contributed by atoms with E-state index in [-0.39, 0.29) is 0 Å². The number of hydrogen-bond acceptors (Lipinski definition) is 2. The smallest absolute Gasteiger partial charge is 0.212 e. The zero-order valence-corrected chi connectivity index (χ0v) is 11.1. The molecule has 0 saturated carbocycles. The highest BCUT2D eigenvalue weighted by molar-refractivity contribution is 7.89. The van der Waals surface area contributed by atoms with Gasteiger partial charge in [-0.2, -0.15) is 13.2 Å². The van der Waals surface area contributed by atoms with Gasteiger partial charge in [0.2, 0.25) is 10.0 Å². The van der Waals surface area contributed by atoms with Crippen molar-refractivity contribution < 1.29 is 21.6 Å². The molecule has 0 bridgehead atoms. The maximum absolute atomic E-state index is 12.0. The van der Waals surface area contributed by atoms with Crippen LogP contribution in [0.2, 0.25) is 0 Å². The summed E-state index contributed by atoms with van der Waals surface area (Å²) in [7, 11) is -3.78. The summed E-state index contributed by atoms with van der Waals surface area (Å²) in [5.74, 6) is -0.847. The highest BCUT2D eigenvalue weighted by Gasteiger charge is 2.31. The minimum Gasteiger partial charge on any atom is -0.212 e. The van der Waals surface area contributed by atoms with E-state index in [0.29, 0.717) is 25.9 Å². The van der Waals surface area contributed by atoms with Crippen LogP contribution in [0.3, 0.4) is 0 Å². The van der Waals surface area contributed by atoms with Gasteiger partial charge in [-0.25, -0.2) is 12.7 Å². The van der Waals surface area contributed by atoms with Gasteiger partial charge in [0.05, 0.1) is 12.2 Å². The van der Waals surface area contributed by atoms with Crippen LogP contribution in [-0.4, -0.2) is 37.7 Å². The maximum atomic E-state index is 12.0. The first-order chi connectivity index (χ1) is 7.73. The van der Waals surface area contributed by atoms with E-state index in [0.717, 1.165) is 6.42 Å². The Morgan fingerprint density at radius 2 is 1.65 bits per heavy atom. The fourth-order valence-corrected chi connectivity index (χ4v) is 2.96. The molecule has 0 aromatic carbocycles. The predicted octanol–water partition coefficient (Wildman–Crippen LogP) is 2.78. The lowest BCUT2D eigenvalue weighted by Crippen LogP contribution is -2.35. The predicted molar refractivity (Wildman–Crippen MR) is 61.2 cm³/mol. The monoisotopic (exact) mass is 275 g/mol. The van der Waals surface area contributed by atoms with Crippen LogP contribution in [-0.2, 0) is 10.0 Å². The molecule has 0 aliphatic rings. The quantitative estimate of drug-likeness (QED) is 0.683. The highest BCUT2D eigenvalue weighted by atomic mass is 32.2. The Kier molecular flexibility index (Phi) is 7.08. The summed E-state index contributed by atoms with van der Waals surface area (Å²) in [4.78, 5) is 0. The minimum atomic E-state index is -4.42. The molecular weight excluding hydrogens is 255 g/mol. The van der Waals surface area contributed by atoms with Crippen molar-refractivity contribution in [2.75, 3.05) is 18.8 Å². The van der Waals surface area contributed by atoms with Crippen molar-refractivity contribution in [3.63, 3.8) is 0 Å². The van der Waals surface area contributed by atoms with Gasteiger partial charge < -0.3 is 0 Å². The Morgan fingerprint density at radius 1 is 1.06 bits per heavy atom. The van der Waals surface area contributed by atoms with Crippen LogP contribution in [0.25, 0.3) is 0 Å². The van der Waals surface area contributed by atoms with Crippen LogP contribution in [0.5, 0.6) is 0 Å². The van der Waals surface area contributed by atoms with E-state index < -0.39 is 28.4 Å². The molecule has 0 unspecified atom stereocenters. The van der Waals surface area contributed by atoms with Gasteiger partial charge in [-0.3, -0.25) is 0 Å². The molecule has 0 N–H and O–H groups in total. The van der Waals surface area contributed by atoms with Gasteiger partial charge in [0, 0.05) is 13.1 Å². The Labute approximate surface area is 101 Å². The number of sulfonamides is 1. The van der Waals surface area contributed by atoms with Gasteiger partial charge in [0.25, 0.3) is 0 Å². The number of unbranched alkanes of at least 4 members (excludes halogenated alkanes) is 1. The topological polar surface area (TPSA) is 37.4 Å². The second kappa shape index (κ2) is 7.20. The molecule has 0 radical (unpaired) electrons. The van der Waals surface area contributed by atoms with Crippen molar-refractivity contribution in [1.82, 2.24) is 4.31 Å². The summed E-state index contributed by atoms with van der Waals surface area (Å²) in [6, 6.07) is 0. The summed E-state index contributed by atoms with van der Waals surface area (Å²) in [5.41, 5.74) is 0. The molecule has 0 aliphatic heterocycles. The lowest BCUT2D eigenvalue weighted by atomic mass is 10.3. The largest absolute Gasteiger partial charge is 0.390 e. The third kappa shape index (κ3) is 7.59. The molecule has 3 nitrogen and oxygen atoms in total. The van der Waals surface area contributed by atoms with Gasteiger partial charge >= 0.3 is 6.18 Å². The molecular formula is C10H20F3NO2S. The molecule has 0 aliphatic carbocycles. The lowest BCUT2D eigenvalue weighted by molar-refractivity contribution is -0.130. The normalized spacial score (nSPS) is 13.3. The van der Waals surface area contributed by atoms with Crippen molar-refractivity contribution >= 4 is 10.0 Å². The molecule has 7 heteroatoms. The molecule has 0 amide bonds.